The molecule has 0 spiro atoms. The van der Waals surface area contributed by atoms with E-state index in [1.54, 1.807) is 26.4 Å². The van der Waals surface area contributed by atoms with Crippen LogP contribution in [0, 0.1) is 0 Å². The molecule has 2 aliphatic carbocycles. The first-order chi connectivity index (χ1) is 16.5. The number of fused-ring (bicyclic) bond motifs is 1. The zero-order chi connectivity index (χ0) is 24.1. The minimum atomic E-state index is -0.268. The smallest absolute Gasteiger partial charge is 0.204 e. The largest absolute Gasteiger partial charge is 0.493 e. The summed E-state index contributed by atoms with van der Waals surface area (Å²) in [5.74, 6) is 0.961. The van der Waals surface area contributed by atoms with Gasteiger partial charge in [-0.2, -0.15) is 0 Å². The molecule has 0 aliphatic heterocycles. The highest BCUT2D eigenvalue weighted by atomic mass is 16.5. The quantitative estimate of drug-likeness (QED) is 0.440. The number of carbonyl (C=O) groups excluding carboxylic acids is 2. The molecule has 0 unspecified atom stereocenters. The summed E-state index contributed by atoms with van der Waals surface area (Å²) in [6.45, 7) is 0.801. The molecule has 34 heavy (non-hydrogen) atoms. The van der Waals surface area contributed by atoms with E-state index in [4.69, 9.17) is 14.2 Å². The molecule has 0 atom stereocenters. The van der Waals surface area contributed by atoms with Crippen LogP contribution in [0.5, 0.6) is 11.5 Å². The number of anilines is 1. The lowest BCUT2D eigenvalue weighted by molar-refractivity contribution is -0.116. The molecule has 4 rings (SSSR count). The van der Waals surface area contributed by atoms with Crippen molar-refractivity contribution in [1.29, 1.82) is 0 Å². The van der Waals surface area contributed by atoms with Crippen LogP contribution in [0.2, 0.25) is 0 Å². The van der Waals surface area contributed by atoms with Crippen LogP contribution in [-0.4, -0.2) is 67.0 Å². The Morgan fingerprint density at radius 3 is 2.53 bits per heavy atom. The van der Waals surface area contributed by atoms with Crippen LogP contribution >= 0.6 is 0 Å². The van der Waals surface area contributed by atoms with E-state index in [9.17, 15) is 9.59 Å². The van der Waals surface area contributed by atoms with Crippen molar-refractivity contribution in [2.24, 2.45) is 0 Å². The molecule has 0 amide bonds. The van der Waals surface area contributed by atoms with Crippen molar-refractivity contribution in [3.63, 3.8) is 0 Å². The van der Waals surface area contributed by atoms with Crippen LogP contribution in [-0.2, 0) is 14.3 Å². The molecule has 0 bridgehead atoms. The van der Waals surface area contributed by atoms with Gasteiger partial charge >= 0.3 is 0 Å². The van der Waals surface area contributed by atoms with Crippen LogP contribution < -0.4 is 14.8 Å². The third-order valence-electron chi connectivity index (χ3n) is 6.28. The standard InChI is InChI=1S/C25H30N4O5/c1-29(16-7-5-4-6-8-16)20-14-21(30)19(12-22(20)31)28-25-17-11-23(33-3)24(34-10-9-32-2)13-18(17)26-15-27-25/h11-16H,4-10H2,1-3H3,(H,26,27,28). The van der Waals surface area contributed by atoms with E-state index in [-0.39, 0.29) is 17.3 Å². The first kappa shape index (κ1) is 23.7. The van der Waals surface area contributed by atoms with Crippen molar-refractivity contribution in [1.82, 2.24) is 14.9 Å². The van der Waals surface area contributed by atoms with Gasteiger partial charge in [0.1, 0.15) is 18.8 Å². The number of likely N-dealkylation sites (N-methyl/N-ethyl adjacent to an activating group) is 1. The molecule has 1 aromatic carbocycles. The average Bonchev–Trinajstić information content (AvgIpc) is 2.86. The van der Waals surface area contributed by atoms with Gasteiger partial charge in [-0.3, -0.25) is 9.59 Å². The summed E-state index contributed by atoms with van der Waals surface area (Å²) in [4.78, 5) is 36.4. The maximum Gasteiger partial charge on any atom is 0.204 e. The lowest BCUT2D eigenvalue weighted by atomic mass is 9.93. The molecular formula is C25H30N4O5. The SMILES string of the molecule is COCCOc1cc2ncnc(NC3=CC(=O)C(N(C)C4CCCCC4)=CC3=O)c2cc1OC. The van der Waals surface area contributed by atoms with Crippen LogP contribution in [0.15, 0.2) is 42.0 Å². The molecule has 2 aliphatic rings. The number of rotatable bonds is 9. The maximum atomic E-state index is 12.9. The Kier molecular flexibility index (Phi) is 7.42. The summed E-state index contributed by atoms with van der Waals surface area (Å²) >= 11 is 0. The number of aromatic nitrogens is 2. The molecular weight excluding hydrogens is 436 g/mol. The minimum Gasteiger partial charge on any atom is -0.493 e. The third-order valence-corrected chi connectivity index (χ3v) is 6.28. The van der Waals surface area contributed by atoms with E-state index in [1.165, 1.54) is 24.9 Å². The van der Waals surface area contributed by atoms with Crippen LogP contribution in [0.1, 0.15) is 32.1 Å². The van der Waals surface area contributed by atoms with Gasteiger partial charge in [0, 0.05) is 43.8 Å². The van der Waals surface area contributed by atoms with Crippen molar-refractivity contribution >= 4 is 28.3 Å². The second-order valence-corrected chi connectivity index (χ2v) is 8.43. The lowest BCUT2D eigenvalue weighted by Crippen LogP contribution is -2.37. The summed E-state index contributed by atoms with van der Waals surface area (Å²) in [5.41, 5.74) is 1.22. The van der Waals surface area contributed by atoms with Crippen molar-refractivity contribution in [3.8, 4) is 11.5 Å². The Morgan fingerprint density at radius 1 is 1.00 bits per heavy atom. The molecule has 1 heterocycles. The van der Waals surface area contributed by atoms with Crippen LogP contribution in [0.25, 0.3) is 10.9 Å². The summed E-state index contributed by atoms with van der Waals surface area (Å²) < 4.78 is 16.2. The van der Waals surface area contributed by atoms with E-state index >= 15 is 0 Å². The molecule has 1 saturated carbocycles. The first-order valence-corrected chi connectivity index (χ1v) is 11.5. The fraction of sp³-hybridized carbons (Fsp3) is 0.440. The predicted molar refractivity (Wildman–Crippen MR) is 128 cm³/mol. The van der Waals surface area contributed by atoms with Crippen molar-refractivity contribution in [2.75, 3.05) is 39.8 Å². The number of hydrogen-bond donors (Lipinski definition) is 1. The number of carbonyl (C=O) groups is 2. The van der Waals surface area contributed by atoms with Crippen molar-refractivity contribution in [2.45, 2.75) is 38.1 Å². The normalized spacial score (nSPS) is 16.8. The summed E-state index contributed by atoms with van der Waals surface area (Å²) in [5, 5.41) is 3.66. The summed E-state index contributed by atoms with van der Waals surface area (Å²) in [7, 11) is 5.04. The summed E-state index contributed by atoms with van der Waals surface area (Å²) in [6.07, 6.45) is 9.76. The van der Waals surface area contributed by atoms with Gasteiger partial charge in [-0.15, -0.1) is 0 Å². The Bertz CT molecular complexity index is 1140. The van der Waals surface area contributed by atoms with Gasteiger partial charge in [0.15, 0.2) is 11.5 Å². The van der Waals surface area contributed by atoms with Gasteiger partial charge < -0.3 is 24.4 Å². The highest BCUT2D eigenvalue weighted by Crippen LogP contribution is 2.34. The molecule has 9 heteroatoms. The molecule has 1 N–H and O–H groups in total. The zero-order valence-electron chi connectivity index (χ0n) is 19.8. The number of nitrogens with zero attached hydrogens (tertiary/aromatic N) is 3. The van der Waals surface area contributed by atoms with Gasteiger partial charge in [-0.1, -0.05) is 19.3 Å². The number of ether oxygens (including phenoxy) is 3. The molecule has 2 aromatic rings. The van der Waals surface area contributed by atoms with Crippen LogP contribution in [0.4, 0.5) is 5.82 Å². The molecule has 180 valence electrons. The fourth-order valence-electron chi connectivity index (χ4n) is 4.39. The molecule has 9 nitrogen and oxygen atoms in total. The minimum absolute atomic E-state index is 0.171. The second-order valence-electron chi connectivity index (χ2n) is 8.43. The lowest BCUT2D eigenvalue weighted by Gasteiger charge is -2.34. The Morgan fingerprint density at radius 2 is 1.79 bits per heavy atom. The van der Waals surface area contributed by atoms with E-state index in [0.717, 1.165) is 25.7 Å². The number of allylic oxidation sites excluding steroid dienone is 2. The predicted octanol–water partition coefficient (Wildman–Crippen LogP) is 3.26. The van der Waals surface area contributed by atoms with E-state index in [2.05, 4.69) is 15.3 Å². The molecule has 1 aromatic heterocycles. The van der Waals surface area contributed by atoms with Gasteiger partial charge in [0.25, 0.3) is 0 Å². The monoisotopic (exact) mass is 466 g/mol. The van der Waals surface area contributed by atoms with Gasteiger partial charge in [0.05, 0.1) is 30.6 Å². The zero-order valence-corrected chi connectivity index (χ0v) is 19.8. The average molecular weight is 467 g/mol. The third kappa shape index (κ3) is 5.04. The maximum absolute atomic E-state index is 12.9. The topological polar surface area (TPSA) is 103 Å². The van der Waals surface area contributed by atoms with Crippen molar-refractivity contribution in [3.05, 3.63) is 42.0 Å². The summed E-state index contributed by atoms with van der Waals surface area (Å²) in [6, 6.07) is 3.78. The molecule has 0 saturated heterocycles. The number of ketones is 2. The number of nitrogens with one attached hydrogen (secondary N) is 1. The van der Waals surface area contributed by atoms with Crippen LogP contribution in [0.3, 0.4) is 0 Å². The molecule has 0 radical (unpaired) electrons. The number of hydrogen-bond acceptors (Lipinski definition) is 9. The number of benzene rings is 1. The highest BCUT2D eigenvalue weighted by molar-refractivity contribution is 6.21. The van der Waals surface area contributed by atoms with Crippen molar-refractivity contribution < 1.29 is 23.8 Å². The Balaban J connectivity index is 1.56. The first-order valence-electron chi connectivity index (χ1n) is 11.5. The Labute approximate surface area is 198 Å². The van der Waals surface area contributed by atoms with Gasteiger partial charge in [-0.25, -0.2) is 9.97 Å². The second kappa shape index (κ2) is 10.6. The molecule has 1 fully saturated rings. The van der Waals surface area contributed by atoms with E-state index in [0.29, 0.717) is 53.2 Å². The van der Waals surface area contributed by atoms with E-state index in [1.807, 2.05) is 11.9 Å². The Hall–Kier alpha value is -3.46. The van der Waals surface area contributed by atoms with E-state index < -0.39 is 0 Å². The highest BCUT2D eigenvalue weighted by Gasteiger charge is 2.28. The number of methoxy groups -OCH3 is 2. The van der Waals surface area contributed by atoms with Gasteiger partial charge in [-0.05, 0) is 18.9 Å². The van der Waals surface area contributed by atoms with Gasteiger partial charge in [0.2, 0.25) is 11.6 Å². The fourth-order valence-corrected chi connectivity index (χ4v) is 4.39.